The number of aromatic nitrogens is 5. The van der Waals surface area contributed by atoms with Crippen molar-refractivity contribution in [2.45, 2.75) is 4.55 Å². The summed E-state index contributed by atoms with van der Waals surface area (Å²) in [5, 5.41) is 8.91. The average Bonchev–Trinajstić information content (AvgIpc) is 3.45. The van der Waals surface area contributed by atoms with Crippen molar-refractivity contribution in [1.82, 2.24) is 24.1 Å². The molecule has 2 aromatic carbocycles. The van der Waals surface area contributed by atoms with Crippen molar-refractivity contribution in [1.29, 1.82) is 0 Å². The van der Waals surface area contributed by atoms with Gasteiger partial charge in [0.25, 0.3) is 0 Å². The zero-order valence-electron chi connectivity index (χ0n) is 16.9. The second-order valence-electron chi connectivity index (χ2n) is 6.86. The smallest absolute Gasteiger partial charge is 0.180 e. The molecule has 0 atom stereocenters. The largest absolute Gasteiger partial charge is 0.493 e. The van der Waals surface area contributed by atoms with E-state index >= 15 is 0 Å². The number of ether oxygens (including phenoxy) is 2. The number of anilines is 2. The monoisotopic (exact) mass is 526 g/mol. The summed E-state index contributed by atoms with van der Waals surface area (Å²) in [6.07, 6.45) is 7.53. The second kappa shape index (κ2) is 8.06. The predicted octanol–water partition coefficient (Wildman–Crippen LogP) is 4.90. The third-order valence-corrected chi connectivity index (χ3v) is 5.72. The molecule has 0 radical (unpaired) electrons. The molecule has 8 nitrogen and oxygen atoms in total. The van der Waals surface area contributed by atoms with Gasteiger partial charge >= 0.3 is 0 Å². The number of nitrogens with zero attached hydrogens (tertiary/aromatic N) is 5. The minimum atomic E-state index is 0.639. The summed E-state index contributed by atoms with van der Waals surface area (Å²) in [6.45, 7) is 0. The fourth-order valence-corrected chi connectivity index (χ4v) is 4.07. The summed E-state index contributed by atoms with van der Waals surface area (Å²) < 4.78 is 15.5. The van der Waals surface area contributed by atoms with E-state index in [1.165, 1.54) is 0 Å². The van der Waals surface area contributed by atoms with E-state index in [0.717, 1.165) is 38.0 Å². The van der Waals surface area contributed by atoms with Gasteiger partial charge in [0, 0.05) is 41.3 Å². The first kappa shape index (κ1) is 19.6. The van der Waals surface area contributed by atoms with Crippen LogP contribution in [0, 0.1) is 0 Å². The highest BCUT2D eigenvalue weighted by Crippen LogP contribution is 2.32. The summed E-state index contributed by atoms with van der Waals surface area (Å²) >= 11 is 2.31. The summed E-state index contributed by atoms with van der Waals surface area (Å²) in [7, 11) is 3.23. The van der Waals surface area contributed by atoms with Gasteiger partial charge in [-0.15, -0.1) is 0 Å². The van der Waals surface area contributed by atoms with Crippen LogP contribution in [0.4, 0.5) is 11.5 Å². The van der Waals surface area contributed by atoms with Crippen LogP contribution >= 0.6 is 22.6 Å². The molecule has 0 unspecified atom stereocenters. The summed E-state index contributed by atoms with van der Waals surface area (Å²) in [4.78, 5) is 9.35. The Labute approximate surface area is 192 Å². The summed E-state index contributed by atoms with van der Waals surface area (Å²) in [6, 6.07) is 11.9. The van der Waals surface area contributed by atoms with Crippen molar-refractivity contribution >= 4 is 50.6 Å². The molecule has 0 spiro atoms. The summed E-state index contributed by atoms with van der Waals surface area (Å²) in [5.74, 6) is 1.96. The number of hydrogen-bond donors (Lipinski definition) is 1. The maximum atomic E-state index is 5.42. The van der Waals surface area contributed by atoms with E-state index in [1.807, 2.05) is 45.9 Å². The number of alkyl halides is 1. The van der Waals surface area contributed by atoms with Crippen LogP contribution < -0.4 is 14.8 Å². The Morgan fingerprint density at radius 2 is 1.94 bits per heavy atom. The fourth-order valence-electron chi connectivity index (χ4n) is 3.53. The molecular formula is C22H19IN6O2. The number of benzene rings is 2. The Kier molecular flexibility index (Phi) is 5.10. The van der Waals surface area contributed by atoms with Crippen LogP contribution in [0.3, 0.4) is 0 Å². The molecule has 5 rings (SSSR count). The number of nitrogens with one attached hydrogen (secondary N) is 1. The topological polar surface area (TPSA) is 78.5 Å². The Balaban J connectivity index is 1.59. The molecule has 3 aromatic heterocycles. The molecule has 0 aliphatic rings. The van der Waals surface area contributed by atoms with Crippen LogP contribution in [0.2, 0.25) is 0 Å². The lowest BCUT2D eigenvalue weighted by Gasteiger charge is -2.13. The van der Waals surface area contributed by atoms with Crippen molar-refractivity contribution in [2.24, 2.45) is 0 Å². The fraction of sp³-hybridized carbons (Fsp3) is 0.136. The quantitative estimate of drug-likeness (QED) is 0.251. The van der Waals surface area contributed by atoms with Gasteiger partial charge in [-0.2, -0.15) is 5.10 Å². The Hall–Kier alpha value is -3.34. The molecule has 0 amide bonds. The van der Waals surface area contributed by atoms with Crippen LogP contribution in [0.15, 0.2) is 61.2 Å². The lowest BCUT2D eigenvalue weighted by molar-refractivity contribution is 0.355. The lowest BCUT2D eigenvalue weighted by Crippen LogP contribution is -2.01. The highest BCUT2D eigenvalue weighted by atomic mass is 127. The van der Waals surface area contributed by atoms with E-state index in [9.17, 15) is 0 Å². The van der Waals surface area contributed by atoms with Gasteiger partial charge in [0.1, 0.15) is 0 Å². The van der Waals surface area contributed by atoms with Crippen molar-refractivity contribution in [2.75, 3.05) is 19.5 Å². The maximum absolute atomic E-state index is 5.42. The molecule has 9 heteroatoms. The number of imidazole rings is 1. The Morgan fingerprint density at radius 3 is 2.74 bits per heavy atom. The van der Waals surface area contributed by atoms with Crippen molar-refractivity contribution in [3.63, 3.8) is 0 Å². The lowest BCUT2D eigenvalue weighted by atomic mass is 10.1. The van der Waals surface area contributed by atoms with Crippen molar-refractivity contribution in [3.8, 4) is 22.8 Å². The molecule has 0 saturated heterocycles. The van der Waals surface area contributed by atoms with Gasteiger partial charge in [-0.1, -0.05) is 34.7 Å². The molecule has 1 N–H and O–H groups in total. The molecule has 5 aromatic rings. The Morgan fingerprint density at radius 1 is 1.06 bits per heavy atom. The molecule has 0 bridgehead atoms. The van der Waals surface area contributed by atoms with Gasteiger partial charge in [0.2, 0.25) is 0 Å². The number of fused-ring (bicyclic) bond motifs is 2. The third-order valence-electron chi connectivity index (χ3n) is 5.07. The first-order valence-electron chi connectivity index (χ1n) is 9.55. The highest BCUT2D eigenvalue weighted by Gasteiger charge is 2.13. The number of halogens is 1. The first-order valence-corrected chi connectivity index (χ1v) is 11.1. The second-order valence-corrected chi connectivity index (χ2v) is 7.55. The standard InChI is InChI=1S/C22H19IN6O2/c1-30-19-6-5-16(10-20(19)31-2)26-21-22-24-7-8-28(22)12-17(27-21)14-3-4-15-11-25-29(13-23)18(15)9-14/h3-12H,13H2,1-2H3,(H,26,27). The average molecular weight is 526 g/mol. The van der Waals surface area contributed by atoms with E-state index in [0.29, 0.717) is 17.3 Å². The first-order chi connectivity index (χ1) is 15.2. The number of hydrogen-bond acceptors (Lipinski definition) is 6. The minimum absolute atomic E-state index is 0.639. The van der Waals surface area contributed by atoms with E-state index in [-0.39, 0.29) is 0 Å². The van der Waals surface area contributed by atoms with Crippen LogP contribution in [0.5, 0.6) is 11.5 Å². The predicted molar refractivity (Wildman–Crippen MR) is 129 cm³/mol. The van der Waals surface area contributed by atoms with Crippen molar-refractivity contribution in [3.05, 3.63) is 61.2 Å². The molecule has 3 heterocycles. The van der Waals surface area contributed by atoms with E-state index in [1.54, 1.807) is 20.4 Å². The highest BCUT2D eigenvalue weighted by molar-refractivity contribution is 14.1. The van der Waals surface area contributed by atoms with Gasteiger partial charge in [-0.25, -0.2) is 9.97 Å². The number of rotatable bonds is 6. The minimum Gasteiger partial charge on any atom is -0.493 e. The van der Waals surface area contributed by atoms with Gasteiger partial charge < -0.3 is 19.2 Å². The van der Waals surface area contributed by atoms with Crippen LogP contribution in [-0.4, -0.2) is 38.4 Å². The molecule has 0 fully saturated rings. The zero-order valence-corrected chi connectivity index (χ0v) is 19.1. The van der Waals surface area contributed by atoms with Gasteiger partial charge in [0.15, 0.2) is 23.0 Å². The maximum Gasteiger partial charge on any atom is 0.180 e. The SMILES string of the molecule is COc1ccc(Nc2nc(-c3ccc4cnn(CI)c4c3)cn3ccnc23)cc1OC. The molecule has 0 aliphatic heterocycles. The number of methoxy groups -OCH3 is 2. The van der Waals surface area contributed by atoms with Gasteiger partial charge in [0.05, 0.1) is 36.2 Å². The molecular weight excluding hydrogens is 507 g/mol. The molecule has 0 saturated carbocycles. The van der Waals surface area contributed by atoms with Crippen LogP contribution in [-0.2, 0) is 4.55 Å². The van der Waals surface area contributed by atoms with Gasteiger partial charge in [-0.05, 0) is 18.2 Å². The zero-order chi connectivity index (χ0) is 21.4. The normalized spacial score (nSPS) is 11.2. The Bertz CT molecular complexity index is 1390. The molecule has 0 aliphatic carbocycles. The van der Waals surface area contributed by atoms with Gasteiger partial charge in [-0.3, -0.25) is 4.68 Å². The van der Waals surface area contributed by atoms with Crippen LogP contribution in [0.1, 0.15) is 0 Å². The molecule has 31 heavy (non-hydrogen) atoms. The van der Waals surface area contributed by atoms with E-state index in [4.69, 9.17) is 14.5 Å². The third kappa shape index (κ3) is 3.54. The van der Waals surface area contributed by atoms with Crippen molar-refractivity contribution < 1.29 is 9.47 Å². The van der Waals surface area contributed by atoms with E-state index in [2.05, 4.69) is 56.2 Å². The molecule has 156 valence electrons. The van der Waals surface area contributed by atoms with E-state index < -0.39 is 0 Å². The summed E-state index contributed by atoms with van der Waals surface area (Å²) in [5.41, 5.74) is 4.47. The van der Waals surface area contributed by atoms with Crippen LogP contribution in [0.25, 0.3) is 27.8 Å².